The van der Waals surface area contributed by atoms with Crippen molar-refractivity contribution in [1.82, 2.24) is 10.7 Å². The summed E-state index contributed by atoms with van der Waals surface area (Å²) in [5.41, 5.74) is 3.64. The van der Waals surface area contributed by atoms with E-state index in [9.17, 15) is 14.7 Å². The van der Waals surface area contributed by atoms with Gasteiger partial charge in [-0.3, -0.25) is 9.59 Å². The van der Waals surface area contributed by atoms with Crippen LogP contribution < -0.4 is 15.5 Å². The fourth-order valence-electron chi connectivity index (χ4n) is 2.36. The number of hydrogen-bond acceptors (Lipinski definition) is 5. The number of benzene rings is 2. The molecule has 0 aliphatic carbocycles. The molecule has 0 aliphatic heterocycles. The summed E-state index contributed by atoms with van der Waals surface area (Å²) in [6, 6.07) is 10.4. The zero-order valence-electron chi connectivity index (χ0n) is 15.7. The molecule has 0 heterocycles. The molecular weight excluding hydrogens is 506 g/mol. The highest BCUT2D eigenvalue weighted by molar-refractivity contribution is 9.10. The number of ether oxygens (including phenoxy) is 1. The molecule has 0 spiro atoms. The summed E-state index contributed by atoms with van der Waals surface area (Å²) in [5, 5.41) is 16.6. The van der Waals surface area contributed by atoms with Gasteiger partial charge in [-0.1, -0.05) is 12.1 Å². The highest BCUT2D eigenvalue weighted by Gasteiger charge is 2.09. The molecule has 0 saturated heterocycles. The molecule has 0 saturated carbocycles. The van der Waals surface area contributed by atoms with Crippen molar-refractivity contribution in [2.45, 2.75) is 19.8 Å². The fraction of sp³-hybridized carbons (Fsp3) is 0.250. The number of amides is 2. The number of nitrogens with zero attached hydrogens (tertiary/aromatic N) is 1. The summed E-state index contributed by atoms with van der Waals surface area (Å²) in [5.74, 6) is -0.119. The lowest BCUT2D eigenvalue weighted by atomic mass is 10.2. The molecule has 0 unspecified atom stereocenters. The van der Waals surface area contributed by atoms with Crippen molar-refractivity contribution in [2.75, 3.05) is 13.2 Å². The zero-order valence-corrected chi connectivity index (χ0v) is 18.9. The molecular formula is C20H21Br2N3O4. The van der Waals surface area contributed by atoms with Gasteiger partial charge in [0.25, 0.3) is 5.91 Å². The van der Waals surface area contributed by atoms with Gasteiger partial charge in [0.1, 0.15) is 0 Å². The number of carbonyl (C=O) groups is 2. The van der Waals surface area contributed by atoms with Crippen LogP contribution >= 0.6 is 31.9 Å². The predicted octanol–water partition coefficient (Wildman–Crippen LogP) is 3.98. The first-order valence-corrected chi connectivity index (χ1v) is 10.5. The number of halogens is 2. The standard InChI is InChI=1S/C20H21Br2N3O4/c1-2-29-17-11-13(10-16(22)19(17)27)12-24-25-18(26)8-5-9-23-20(28)14-6-3-4-7-15(14)21/h3-4,6-7,10-12,27H,2,5,8-9H2,1H3,(H,23,28)(H,25,26)/b24-12+. The Labute approximate surface area is 185 Å². The Kier molecular flexibility index (Phi) is 9.14. The summed E-state index contributed by atoms with van der Waals surface area (Å²) in [7, 11) is 0. The summed E-state index contributed by atoms with van der Waals surface area (Å²) in [6.07, 6.45) is 2.16. The van der Waals surface area contributed by atoms with Gasteiger partial charge >= 0.3 is 0 Å². The van der Waals surface area contributed by atoms with Crippen molar-refractivity contribution in [3.05, 3.63) is 56.5 Å². The Hall–Kier alpha value is -2.39. The van der Waals surface area contributed by atoms with Gasteiger partial charge in [-0.2, -0.15) is 5.10 Å². The third kappa shape index (κ3) is 7.17. The first kappa shape index (κ1) is 22.9. The lowest BCUT2D eigenvalue weighted by Gasteiger charge is -2.08. The number of phenolic OH excluding ortho intramolecular Hbond substituents is 1. The minimum atomic E-state index is -0.265. The molecule has 2 aromatic carbocycles. The fourth-order valence-corrected chi connectivity index (χ4v) is 3.28. The summed E-state index contributed by atoms with van der Waals surface area (Å²) >= 11 is 6.58. The molecule has 154 valence electrons. The van der Waals surface area contributed by atoms with Crippen LogP contribution in [0.4, 0.5) is 0 Å². The highest BCUT2D eigenvalue weighted by atomic mass is 79.9. The largest absolute Gasteiger partial charge is 0.503 e. The van der Waals surface area contributed by atoms with Crippen LogP contribution in [0.5, 0.6) is 11.5 Å². The van der Waals surface area contributed by atoms with Gasteiger partial charge < -0.3 is 15.2 Å². The van der Waals surface area contributed by atoms with E-state index in [1.807, 2.05) is 13.0 Å². The van der Waals surface area contributed by atoms with Crippen molar-refractivity contribution in [1.29, 1.82) is 0 Å². The molecule has 0 aromatic heterocycles. The lowest BCUT2D eigenvalue weighted by Crippen LogP contribution is -2.26. The second-order valence-electron chi connectivity index (χ2n) is 5.91. The molecule has 0 aliphatic rings. The van der Waals surface area contributed by atoms with Crippen molar-refractivity contribution < 1.29 is 19.4 Å². The molecule has 2 amide bonds. The van der Waals surface area contributed by atoms with E-state index >= 15 is 0 Å². The van der Waals surface area contributed by atoms with Gasteiger partial charge in [0.2, 0.25) is 5.91 Å². The molecule has 2 rings (SSSR count). The molecule has 3 N–H and O–H groups in total. The minimum Gasteiger partial charge on any atom is -0.503 e. The molecule has 29 heavy (non-hydrogen) atoms. The van der Waals surface area contributed by atoms with Crippen LogP contribution in [-0.4, -0.2) is 36.3 Å². The van der Waals surface area contributed by atoms with Gasteiger partial charge in [0.05, 0.1) is 22.9 Å². The normalized spacial score (nSPS) is 10.7. The Morgan fingerprint density at radius 3 is 2.69 bits per heavy atom. The van der Waals surface area contributed by atoms with E-state index in [0.717, 1.165) is 4.47 Å². The molecule has 0 bridgehead atoms. The third-order valence-electron chi connectivity index (χ3n) is 3.74. The number of phenols is 1. The Balaban J connectivity index is 1.76. The van der Waals surface area contributed by atoms with Gasteiger partial charge in [-0.15, -0.1) is 0 Å². The second kappa shape index (κ2) is 11.6. The number of aromatic hydroxyl groups is 1. The van der Waals surface area contributed by atoms with Crippen molar-refractivity contribution >= 4 is 49.9 Å². The number of rotatable bonds is 9. The van der Waals surface area contributed by atoms with Crippen LogP contribution in [0.25, 0.3) is 0 Å². The van der Waals surface area contributed by atoms with E-state index in [1.54, 1.807) is 30.3 Å². The van der Waals surface area contributed by atoms with Gasteiger partial charge in [0.15, 0.2) is 11.5 Å². The van der Waals surface area contributed by atoms with Gasteiger partial charge in [-0.05, 0) is 75.0 Å². The first-order chi connectivity index (χ1) is 13.9. The lowest BCUT2D eigenvalue weighted by molar-refractivity contribution is -0.121. The second-order valence-corrected chi connectivity index (χ2v) is 7.62. The first-order valence-electron chi connectivity index (χ1n) is 8.92. The SMILES string of the molecule is CCOc1cc(/C=N/NC(=O)CCCNC(=O)c2ccccc2Br)cc(Br)c1O. The van der Waals surface area contributed by atoms with Gasteiger partial charge in [-0.25, -0.2) is 5.43 Å². The summed E-state index contributed by atoms with van der Waals surface area (Å²) in [4.78, 5) is 23.9. The highest BCUT2D eigenvalue weighted by Crippen LogP contribution is 2.35. The van der Waals surface area contributed by atoms with Crippen molar-refractivity contribution in [3.63, 3.8) is 0 Å². The van der Waals surface area contributed by atoms with Crippen molar-refractivity contribution in [3.8, 4) is 11.5 Å². The number of nitrogens with one attached hydrogen (secondary N) is 2. The maximum Gasteiger partial charge on any atom is 0.252 e. The number of hydrazone groups is 1. The average Bonchev–Trinajstić information content (AvgIpc) is 2.69. The van der Waals surface area contributed by atoms with Crippen molar-refractivity contribution in [2.24, 2.45) is 5.10 Å². The quantitative estimate of drug-likeness (QED) is 0.261. The topological polar surface area (TPSA) is 100 Å². The number of hydrogen-bond donors (Lipinski definition) is 3. The van der Waals surface area contributed by atoms with Gasteiger partial charge in [0, 0.05) is 17.4 Å². The van der Waals surface area contributed by atoms with Crippen LogP contribution in [0.15, 0.2) is 50.4 Å². The molecule has 0 fully saturated rings. The Bertz CT molecular complexity index is 903. The van der Waals surface area contributed by atoms with E-state index < -0.39 is 0 Å². The molecule has 9 heteroatoms. The van der Waals surface area contributed by atoms with Crippen LogP contribution in [0.2, 0.25) is 0 Å². The minimum absolute atomic E-state index is 0.0117. The molecule has 0 atom stereocenters. The summed E-state index contributed by atoms with van der Waals surface area (Å²) < 4.78 is 6.53. The average molecular weight is 527 g/mol. The van der Waals surface area contributed by atoms with E-state index in [-0.39, 0.29) is 24.0 Å². The van der Waals surface area contributed by atoms with Crippen LogP contribution in [0.1, 0.15) is 35.7 Å². The van der Waals surface area contributed by atoms with E-state index in [2.05, 4.69) is 47.7 Å². The maximum atomic E-state index is 12.1. The van der Waals surface area contributed by atoms with Crippen LogP contribution in [-0.2, 0) is 4.79 Å². The Morgan fingerprint density at radius 1 is 1.21 bits per heavy atom. The van der Waals surface area contributed by atoms with E-state index in [1.165, 1.54) is 6.21 Å². The monoisotopic (exact) mass is 525 g/mol. The van der Waals surface area contributed by atoms with E-state index in [4.69, 9.17) is 4.74 Å². The van der Waals surface area contributed by atoms with Crippen LogP contribution in [0.3, 0.4) is 0 Å². The zero-order chi connectivity index (χ0) is 21.2. The molecule has 2 aromatic rings. The van der Waals surface area contributed by atoms with Crippen LogP contribution in [0, 0.1) is 0 Å². The summed E-state index contributed by atoms with van der Waals surface area (Å²) in [6.45, 7) is 2.60. The molecule has 0 radical (unpaired) electrons. The third-order valence-corrected chi connectivity index (χ3v) is 5.03. The smallest absolute Gasteiger partial charge is 0.252 e. The molecule has 7 nitrogen and oxygen atoms in total. The van der Waals surface area contributed by atoms with E-state index in [0.29, 0.717) is 40.9 Å². The number of carbonyl (C=O) groups excluding carboxylic acids is 2. The predicted molar refractivity (Wildman–Crippen MR) is 118 cm³/mol. The maximum absolute atomic E-state index is 12.1. The Morgan fingerprint density at radius 2 is 1.97 bits per heavy atom.